The maximum absolute atomic E-state index is 10.6. The van der Waals surface area contributed by atoms with Crippen molar-refractivity contribution in [3.05, 3.63) is 77.3 Å². The summed E-state index contributed by atoms with van der Waals surface area (Å²) in [6.45, 7) is 4.28. The third kappa shape index (κ3) is 3.23. The summed E-state index contributed by atoms with van der Waals surface area (Å²) in [6, 6.07) is 14.9. The van der Waals surface area contributed by atoms with Gasteiger partial charge in [0.25, 0.3) is 0 Å². The van der Waals surface area contributed by atoms with Crippen molar-refractivity contribution in [1.29, 1.82) is 0 Å². The Balaban J connectivity index is 1.90. The zero-order chi connectivity index (χ0) is 19.8. The number of hydrogen-bond acceptors (Lipinski definition) is 3. The van der Waals surface area contributed by atoms with Gasteiger partial charge in [0.2, 0.25) is 0 Å². The zero-order valence-electron chi connectivity index (χ0n) is 15.6. The number of nitrogens with one attached hydrogen (secondary N) is 1. The van der Waals surface area contributed by atoms with Gasteiger partial charge in [-0.1, -0.05) is 17.7 Å². The fraction of sp³-hybridized carbons (Fsp3) is 0.238. The summed E-state index contributed by atoms with van der Waals surface area (Å²) in [5.74, 6) is 0.128. The molecule has 2 atom stereocenters. The number of thiocarbonyl (C=S) groups is 1. The second-order valence-electron chi connectivity index (χ2n) is 7.06. The number of aromatic hydroxyl groups is 1. The minimum Gasteiger partial charge on any atom is -0.506 e. The molecule has 144 valence electrons. The van der Waals surface area contributed by atoms with E-state index in [1.165, 1.54) is 0 Å². The number of rotatable bonds is 4. The summed E-state index contributed by atoms with van der Waals surface area (Å²) in [5, 5.41) is 15.0. The van der Waals surface area contributed by atoms with Crippen LogP contribution in [0.5, 0.6) is 5.75 Å². The Morgan fingerprint density at radius 2 is 2.00 bits per heavy atom. The van der Waals surface area contributed by atoms with Gasteiger partial charge in [-0.15, -0.1) is 0 Å². The van der Waals surface area contributed by atoms with E-state index in [1.54, 1.807) is 24.4 Å². The first-order chi connectivity index (χ1) is 13.5. The molecule has 28 heavy (non-hydrogen) atoms. The number of hydrogen-bond donors (Lipinski definition) is 2. The molecular weight excluding hydrogens is 392 g/mol. The summed E-state index contributed by atoms with van der Waals surface area (Å²) < 4.78 is 2.21. The topological polar surface area (TPSA) is 53.3 Å². The Bertz CT molecular complexity index is 1000. The predicted molar refractivity (Wildman–Crippen MR) is 116 cm³/mol. The molecule has 7 heteroatoms. The molecule has 0 amide bonds. The molecule has 0 aliphatic carbocycles. The lowest BCUT2D eigenvalue weighted by Gasteiger charge is -2.30. The van der Waals surface area contributed by atoms with Crippen molar-refractivity contribution in [2.45, 2.75) is 32.0 Å². The van der Waals surface area contributed by atoms with E-state index >= 15 is 0 Å². The minimum atomic E-state index is -0.191. The Kier molecular flexibility index (Phi) is 5.00. The van der Waals surface area contributed by atoms with Crippen LogP contribution in [-0.4, -0.2) is 19.8 Å². The van der Waals surface area contributed by atoms with E-state index in [1.807, 2.05) is 29.2 Å². The van der Waals surface area contributed by atoms with E-state index in [0.29, 0.717) is 15.8 Å². The van der Waals surface area contributed by atoms with Crippen molar-refractivity contribution in [3.8, 4) is 5.75 Å². The van der Waals surface area contributed by atoms with Gasteiger partial charge in [-0.2, -0.15) is 0 Å². The molecule has 2 aromatic heterocycles. The van der Waals surface area contributed by atoms with Crippen molar-refractivity contribution in [1.82, 2.24) is 14.9 Å². The van der Waals surface area contributed by atoms with Gasteiger partial charge in [0, 0.05) is 29.2 Å². The van der Waals surface area contributed by atoms with Crippen LogP contribution in [0.4, 0.5) is 5.69 Å². The fourth-order valence-corrected chi connectivity index (χ4v) is 4.24. The number of pyridine rings is 1. The van der Waals surface area contributed by atoms with Crippen LogP contribution in [-0.2, 0) is 0 Å². The Labute approximate surface area is 174 Å². The van der Waals surface area contributed by atoms with E-state index in [0.717, 1.165) is 11.4 Å². The van der Waals surface area contributed by atoms with Gasteiger partial charge >= 0.3 is 0 Å². The summed E-state index contributed by atoms with van der Waals surface area (Å²) in [6.07, 6.45) is 3.84. The molecule has 0 radical (unpaired) electrons. The molecule has 1 aliphatic rings. The molecule has 1 fully saturated rings. The number of anilines is 1. The standard InChI is InChI=1S/C21H21ClN4OS/c1-13(2)25-11-5-7-16(25)20-19(15-6-3-4-10-23-15)24-21(28)26(20)17-12-14(22)8-9-18(17)27/h3-13,19-20,27H,1-2H3,(H,24,28)/t19-,20+/m0/s1. The van der Waals surface area contributed by atoms with Crippen LogP contribution in [0.2, 0.25) is 5.02 Å². The summed E-state index contributed by atoms with van der Waals surface area (Å²) in [4.78, 5) is 6.49. The fourth-order valence-electron chi connectivity index (χ4n) is 3.73. The Hall–Kier alpha value is -2.57. The SMILES string of the molecule is CC(C)n1cccc1[C@@H]1[C@H](c2ccccn2)NC(=S)N1c1cc(Cl)ccc1O. The maximum Gasteiger partial charge on any atom is 0.174 e. The van der Waals surface area contributed by atoms with Crippen molar-refractivity contribution in [2.75, 3.05) is 4.90 Å². The van der Waals surface area contributed by atoms with Gasteiger partial charge in [0.1, 0.15) is 11.8 Å². The van der Waals surface area contributed by atoms with Gasteiger partial charge in [0.05, 0.1) is 17.4 Å². The van der Waals surface area contributed by atoms with Crippen LogP contribution < -0.4 is 10.2 Å². The van der Waals surface area contributed by atoms with E-state index in [-0.39, 0.29) is 23.9 Å². The predicted octanol–water partition coefficient (Wildman–Crippen LogP) is 5.00. The van der Waals surface area contributed by atoms with E-state index in [2.05, 4.69) is 41.0 Å². The molecule has 0 bridgehead atoms. The van der Waals surface area contributed by atoms with Crippen LogP contribution >= 0.6 is 23.8 Å². The second-order valence-corrected chi connectivity index (χ2v) is 7.89. The van der Waals surface area contributed by atoms with Gasteiger partial charge in [0.15, 0.2) is 5.11 Å². The minimum absolute atomic E-state index is 0.128. The molecule has 1 saturated heterocycles. The van der Waals surface area contributed by atoms with Crippen LogP contribution in [0.15, 0.2) is 60.9 Å². The summed E-state index contributed by atoms with van der Waals surface area (Å²) in [7, 11) is 0. The molecule has 1 aliphatic heterocycles. The van der Waals surface area contributed by atoms with Crippen LogP contribution in [0, 0.1) is 0 Å². The normalized spacial score (nSPS) is 19.3. The molecule has 3 heterocycles. The first-order valence-electron chi connectivity index (χ1n) is 9.13. The van der Waals surface area contributed by atoms with E-state index in [4.69, 9.17) is 23.8 Å². The van der Waals surface area contributed by atoms with Gasteiger partial charge in [-0.3, -0.25) is 4.98 Å². The van der Waals surface area contributed by atoms with Crippen molar-refractivity contribution < 1.29 is 5.11 Å². The van der Waals surface area contributed by atoms with Crippen molar-refractivity contribution in [2.24, 2.45) is 0 Å². The number of halogens is 1. The summed E-state index contributed by atoms with van der Waals surface area (Å²) >= 11 is 11.9. The van der Waals surface area contributed by atoms with Gasteiger partial charge < -0.3 is 19.9 Å². The van der Waals surface area contributed by atoms with Crippen LogP contribution in [0.25, 0.3) is 0 Å². The molecule has 0 unspecified atom stereocenters. The molecule has 3 aromatic rings. The lowest BCUT2D eigenvalue weighted by molar-refractivity contribution is 0.467. The molecule has 0 spiro atoms. The average Bonchev–Trinajstić information content (AvgIpc) is 3.29. The van der Waals surface area contributed by atoms with E-state index in [9.17, 15) is 5.11 Å². The molecule has 2 N–H and O–H groups in total. The smallest absolute Gasteiger partial charge is 0.174 e. The van der Waals surface area contributed by atoms with Crippen molar-refractivity contribution >= 4 is 34.6 Å². The Morgan fingerprint density at radius 3 is 2.71 bits per heavy atom. The first kappa shape index (κ1) is 18.8. The summed E-state index contributed by atoms with van der Waals surface area (Å²) in [5.41, 5.74) is 2.54. The number of phenolic OH excluding ortho intramolecular Hbond substituents is 1. The monoisotopic (exact) mass is 412 g/mol. The number of benzene rings is 1. The number of phenols is 1. The van der Waals surface area contributed by atoms with E-state index < -0.39 is 0 Å². The van der Waals surface area contributed by atoms with Crippen LogP contribution in [0.1, 0.15) is 43.4 Å². The number of aromatic nitrogens is 2. The highest BCUT2D eigenvalue weighted by Crippen LogP contribution is 2.45. The zero-order valence-corrected chi connectivity index (χ0v) is 17.2. The highest BCUT2D eigenvalue weighted by Gasteiger charge is 2.43. The maximum atomic E-state index is 10.6. The molecule has 5 nitrogen and oxygen atoms in total. The highest BCUT2D eigenvalue weighted by atomic mass is 35.5. The lowest BCUT2D eigenvalue weighted by Crippen LogP contribution is -2.30. The third-order valence-electron chi connectivity index (χ3n) is 4.97. The average molecular weight is 413 g/mol. The van der Waals surface area contributed by atoms with Crippen molar-refractivity contribution in [3.63, 3.8) is 0 Å². The first-order valence-corrected chi connectivity index (χ1v) is 9.92. The second kappa shape index (κ2) is 7.45. The quantitative estimate of drug-likeness (QED) is 0.590. The molecule has 1 aromatic carbocycles. The molecule has 4 rings (SSSR count). The third-order valence-corrected chi connectivity index (χ3v) is 5.52. The van der Waals surface area contributed by atoms with Gasteiger partial charge in [-0.25, -0.2) is 0 Å². The van der Waals surface area contributed by atoms with Crippen LogP contribution in [0.3, 0.4) is 0 Å². The lowest BCUT2D eigenvalue weighted by atomic mass is 10.0. The Morgan fingerprint density at radius 1 is 1.18 bits per heavy atom. The number of nitrogens with zero attached hydrogens (tertiary/aromatic N) is 3. The molecular formula is C21H21ClN4OS. The van der Waals surface area contributed by atoms with Gasteiger partial charge in [-0.05, 0) is 68.5 Å². The largest absolute Gasteiger partial charge is 0.506 e. The highest BCUT2D eigenvalue weighted by molar-refractivity contribution is 7.80. The molecule has 0 saturated carbocycles.